The molecule has 0 spiro atoms. The van der Waals surface area contributed by atoms with Crippen LogP contribution in [-0.2, 0) is 30.4 Å². The van der Waals surface area contributed by atoms with Crippen LogP contribution in [0.5, 0.6) is 0 Å². The molecule has 1 aromatic carbocycles. The van der Waals surface area contributed by atoms with Crippen LogP contribution >= 0.6 is 0 Å². The van der Waals surface area contributed by atoms with Crippen molar-refractivity contribution in [2.45, 2.75) is 69.1 Å². The maximum atomic E-state index is 13.4. The largest absolute Gasteiger partial charge is 0.480 e. The molecule has 15 nitrogen and oxygen atoms in total. The SMILES string of the molecule is NCCCCC(NC(=O)C(CCCN=C(N)N)NC(=O)C(Cc1ccccc1)NC(=O)C(N)CC(N)=O)C(=O)O. The van der Waals surface area contributed by atoms with Gasteiger partial charge in [-0.2, -0.15) is 0 Å². The second-order valence-corrected chi connectivity index (χ2v) is 9.22. The molecule has 0 aliphatic rings. The third-order valence-corrected chi connectivity index (χ3v) is 5.81. The van der Waals surface area contributed by atoms with E-state index in [9.17, 15) is 29.1 Å². The first-order chi connectivity index (χ1) is 18.9. The van der Waals surface area contributed by atoms with Crippen LogP contribution in [0.25, 0.3) is 0 Å². The first kappa shape index (κ1) is 33.8. The highest BCUT2D eigenvalue weighted by Gasteiger charge is 2.30. The molecule has 0 bridgehead atoms. The number of carboxylic acids is 1. The lowest BCUT2D eigenvalue weighted by atomic mass is 10.0. The molecular formula is C25H41N9O6. The smallest absolute Gasteiger partial charge is 0.326 e. The third kappa shape index (κ3) is 13.5. The summed E-state index contributed by atoms with van der Waals surface area (Å²) >= 11 is 0. The molecule has 1 aromatic rings. The Kier molecular flexibility index (Phi) is 15.3. The fourth-order valence-electron chi connectivity index (χ4n) is 3.71. The Morgan fingerprint density at radius 2 is 1.38 bits per heavy atom. The molecule has 14 N–H and O–H groups in total. The molecule has 1 rings (SSSR count). The number of guanidine groups is 1. The van der Waals surface area contributed by atoms with Gasteiger partial charge in [-0.25, -0.2) is 4.79 Å². The van der Waals surface area contributed by atoms with Gasteiger partial charge in [-0.3, -0.25) is 24.2 Å². The van der Waals surface area contributed by atoms with E-state index in [0.29, 0.717) is 24.9 Å². The molecule has 0 radical (unpaired) electrons. The number of aliphatic imine (C=N–C) groups is 1. The van der Waals surface area contributed by atoms with Crippen LogP contribution in [-0.4, -0.2) is 77.9 Å². The minimum Gasteiger partial charge on any atom is -0.480 e. The van der Waals surface area contributed by atoms with Crippen molar-refractivity contribution in [1.29, 1.82) is 0 Å². The van der Waals surface area contributed by atoms with Crippen molar-refractivity contribution >= 4 is 35.6 Å². The fourth-order valence-corrected chi connectivity index (χ4v) is 3.71. The van der Waals surface area contributed by atoms with Crippen LogP contribution in [0.2, 0.25) is 0 Å². The van der Waals surface area contributed by atoms with E-state index >= 15 is 0 Å². The fraction of sp³-hybridized carbons (Fsp3) is 0.520. The lowest BCUT2D eigenvalue weighted by Gasteiger charge is -2.25. The number of carboxylic acid groups (broad SMARTS) is 1. The van der Waals surface area contributed by atoms with Gasteiger partial charge in [-0.05, 0) is 44.2 Å². The molecule has 222 valence electrons. The topological polar surface area (TPSA) is 284 Å². The Hall–Kier alpha value is -4.24. The molecule has 4 atom stereocenters. The summed E-state index contributed by atoms with van der Waals surface area (Å²) in [5, 5.41) is 17.1. The normalized spacial score (nSPS) is 13.7. The second-order valence-electron chi connectivity index (χ2n) is 9.22. The van der Waals surface area contributed by atoms with Gasteiger partial charge in [0.1, 0.15) is 18.1 Å². The molecule has 0 aliphatic carbocycles. The molecule has 4 amide bonds. The predicted molar refractivity (Wildman–Crippen MR) is 148 cm³/mol. The Balaban J connectivity index is 3.13. The first-order valence-electron chi connectivity index (χ1n) is 12.9. The summed E-state index contributed by atoms with van der Waals surface area (Å²) in [5.74, 6) is -4.39. The van der Waals surface area contributed by atoms with Gasteiger partial charge in [-0.1, -0.05) is 30.3 Å². The number of nitrogens with zero attached hydrogens (tertiary/aromatic N) is 1. The van der Waals surface area contributed by atoms with Gasteiger partial charge in [0, 0.05) is 13.0 Å². The van der Waals surface area contributed by atoms with E-state index in [4.69, 9.17) is 28.7 Å². The van der Waals surface area contributed by atoms with E-state index in [1.54, 1.807) is 30.3 Å². The molecule has 0 saturated heterocycles. The number of benzene rings is 1. The number of hydrogen-bond donors (Lipinski definition) is 9. The van der Waals surface area contributed by atoms with Crippen molar-refractivity contribution in [3.8, 4) is 0 Å². The standard InChI is InChI=1S/C25H41N9O6/c26-11-5-4-9-18(24(39)40)33-22(37)17(10-6-12-31-25(29)30)32-23(38)19(13-15-7-2-1-3-8-15)34-21(36)16(27)14-20(28)35/h1-3,7-8,16-19H,4-6,9-14,26-27H2,(H2,28,35)(H,32,38)(H,33,37)(H,34,36)(H,39,40)(H4,29,30,31). The van der Waals surface area contributed by atoms with Gasteiger partial charge in [-0.15, -0.1) is 0 Å². The number of nitrogens with one attached hydrogen (secondary N) is 3. The Morgan fingerprint density at radius 1 is 0.800 bits per heavy atom. The highest BCUT2D eigenvalue weighted by atomic mass is 16.4. The number of unbranched alkanes of at least 4 members (excludes halogenated alkanes) is 1. The van der Waals surface area contributed by atoms with Crippen LogP contribution < -0.4 is 44.6 Å². The second kappa shape index (κ2) is 18.1. The van der Waals surface area contributed by atoms with E-state index in [1.807, 2.05) is 0 Å². The number of carbonyl (C=O) groups excluding carboxylic acids is 4. The van der Waals surface area contributed by atoms with E-state index in [0.717, 1.165) is 0 Å². The van der Waals surface area contributed by atoms with Crippen molar-refractivity contribution in [1.82, 2.24) is 16.0 Å². The van der Waals surface area contributed by atoms with Crippen molar-refractivity contribution in [3.05, 3.63) is 35.9 Å². The Labute approximate surface area is 232 Å². The quantitative estimate of drug-likeness (QED) is 0.0471. The van der Waals surface area contributed by atoms with Gasteiger partial charge < -0.3 is 49.7 Å². The van der Waals surface area contributed by atoms with Crippen LogP contribution in [0.1, 0.15) is 44.1 Å². The molecule has 0 aliphatic heterocycles. The summed E-state index contributed by atoms with van der Waals surface area (Å²) in [4.78, 5) is 65.9. The van der Waals surface area contributed by atoms with Crippen molar-refractivity contribution in [2.24, 2.45) is 33.7 Å². The number of hydrogen-bond acceptors (Lipinski definition) is 8. The molecular weight excluding hydrogens is 522 g/mol. The summed E-state index contributed by atoms with van der Waals surface area (Å²) in [6.45, 7) is 0.536. The van der Waals surface area contributed by atoms with Gasteiger partial charge in [0.15, 0.2) is 5.96 Å². The van der Waals surface area contributed by atoms with Gasteiger partial charge in [0.25, 0.3) is 0 Å². The molecule has 40 heavy (non-hydrogen) atoms. The minimum atomic E-state index is -1.29. The van der Waals surface area contributed by atoms with E-state index in [1.165, 1.54) is 0 Å². The van der Waals surface area contributed by atoms with Crippen molar-refractivity contribution < 1.29 is 29.1 Å². The van der Waals surface area contributed by atoms with E-state index in [-0.39, 0.29) is 38.2 Å². The van der Waals surface area contributed by atoms with Gasteiger partial charge in [0.2, 0.25) is 23.6 Å². The van der Waals surface area contributed by atoms with Gasteiger partial charge >= 0.3 is 5.97 Å². The third-order valence-electron chi connectivity index (χ3n) is 5.81. The summed E-state index contributed by atoms with van der Waals surface area (Å²) < 4.78 is 0. The van der Waals surface area contributed by atoms with Crippen molar-refractivity contribution in [3.63, 3.8) is 0 Å². The molecule has 0 saturated carbocycles. The highest BCUT2D eigenvalue weighted by molar-refractivity contribution is 5.95. The summed E-state index contributed by atoms with van der Waals surface area (Å²) in [7, 11) is 0. The number of rotatable bonds is 19. The van der Waals surface area contributed by atoms with Gasteiger partial charge in [0.05, 0.1) is 12.5 Å². The average Bonchev–Trinajstić information content (AvgIpc) is 2.89. The summed E-state index contributed by atoms with van der Waals surface area (Å²) in [5.41, 5.74) is 27.7. The number of carbonyl (C=O) groups is 5. The zero-order chi connectivity index (χ0) is 30.1. The zero-order valence-electron chi connectivity index (χ0n) is 22.4. The number of aliphatic carboxylic acids is 1. The zero-order valence-corrected chi connectivity index (χ0v) is 22.4. The summed E-state index contributed by atoms with van der Waals surface area (Å²) in [6.07, 6.45) is 1.17. The van der Waals surface area contributed by atoms with Crippen LogP contribution in [0.15, 0.2) is 35.3 Å². The lowest BCUT2D eigenvalue weighted by Crippen LogP contribution is -2.57. The highest BCUT2D eigenvalue weighted by Crippen LogP contribution is 2.08. The first-order valence-corrected chi connectivity index (χ1v) is 12.9. The van der Waals surface area contributed by atoms with E-state index in [2.05, 4.69) is 20.9 Å². The maximum absolute atomic E-state index is 13.4. The number of primary amides is 1. The molecule has 0 heterocycles. The van der Waals surface area contributed by atoms with Crippen molar-refractivity contribution in [2.75, 3.05) is 13.1 Å². The molecule has 4 unspecified atom stereocenters. The van der Waals surface area contributed by atoms with Crippen LogP contribution in [0.3, 0.4) is 0 Å². The number of amides is 4. The molecule has 0 fully saturated rings. The summed E-state index contributed by atoms with van der Waals surface area (Å²) in [6, 6.07) is 3.94. The van der Waals surface area contributed by atoms with Crippen LogP contribution in [0, 0.1) is 0 Å². The average molecular weight is 564 g/mol. The molecule has 0 aromatic heterocycles. The lowest BCUT2D eigenvalue weighted by molar-refractivity contribution is -0.142. The predicted octanol–water partition coefficient (Wildman–Crippen LogP) is -2.85. The van der Waals surface area contributed by atoms with E-state index < -0.39 is 60.2 Å². The molecule has 15 heteroatoms. The number of nitrogens with two attached hydrogens (primary N) is 5. The minimum absolute atomic E-state index is 0.0425. The van der Waals surface area contributed by atoms with Crippen LogP contribution in [0.4, 0.5) is 0 Å². The monoisotopic (exact) mass is 563 g/mol. The Morgan fingerprint density at radius 3 is 1.95 bits per heavy atom. The maximum Gasteiger partial charge on any atom is 0.326 e. The Bertz CT molecular complexity index is 1020.